The van der Waals surface area contributed by atoms with Crippen LogP contribution < -0.4 is 4.57 Å². The average Bonchev–Trinajstić information content (AvgIpc) is 2.74. The summed E-state index contributed by atoms with van der Waals surface area (Å²) in [7, 11) is 0. The first kappa shape index (κ1) is 14.3. The first-order valence-electron chi connectivity index (χ1n) is 6.83. The number of rotatable bonds is 6. The molecule has 1 nitrogen and oxygen atoms in total. The van der Waals surface area contributed by atoms with E-state index < -0.39 is 0 Å². The van der Waals surface area contributed by atoms with Crippen molar-refractivity contribution in [2.24, 2.45) is 0 Å². The van der Waals surface area contributed by atoms with E-state index in [1.54, 1.807) is 0 Å². The molecule has 0 fully saturated rings. The maximum Gasteiger partial charge on any atom is 0.240 e. The first-order valence-corrected chi connectivity index (χ1v) is 7.71. The summed E-state index contributed by atoms with van der Waals surface area (Å²) in [6.07, 6.45) is 8.60. The van der Waals surface area contributed by atoms with E-state index in [1.165, 1.54) is 42.7 Å². The van der Waals surface area contributed by atoms with E-state index in [-0.39, 0.29) is 0 Å². The van der Waals surface area contributed by atoms with E-state index in [2.05, 4.69) is 42.8 Å². The van der Waals surface area contributed by atoms with Gasteiger partial charge in [0.1, 0.15) is 0 Å². The van der Waals surface area contributed by atoms with E-state index in [0.29, 0.717) is 0 Å². The van der Waals surface area contributed by atoms with E-state index in [0.717, 1.165) is 12.8 Å². The summed E-state index contributed by atoms with van der Waals surface area (Å²) in [6.45, 7) is 6.58. The summed E-state index contributed by atoms with van der Waals surface area (Å²) >= 11 is 1.87. The molecule has 1 aromatic rings. The molecule has 1 rings (SSSR count). The first-order chi connectivity index (χ1) is 8.33. The molecule has 94 valence electrons. The van der Waals surface area contributed by atoms with Crippen molar-refractivity contribution in [1.82, 2.24) is 0 Å². The Bertz CT molecular complexity index is 381. The summed E-state index contributed by atoms with van der Waals surface area (Å²) < 4.78 is 2.13. The fourth-order valence-corrected chi connectivity index (χ4v) is 2.98. The molecule has 2 heteroatoms. The van der Waals surface area contributed by atoms with Gasteiger partial charge in [-0.05, 0) is 18.8 Å². The molecular formula is C15H24NS+. The SMILES string of the molecule is CCC#C[n+]1csc(CCCCCC)c1CC. The Balaban J connectivity index is 2.63. The Labute approximate surface area is 110 Å². The number of nitrogens with zero attached hydrogens (tertiary/aromatic N) is 1. The molecule has 0 N–H and O–H groups in total. The lowest BCUT2D eigenvalue weighted by atomic mass is 10.1. The average molecular weight is 250 g/mol. The molecule has 0 spiro atoms. The number of aromatic nitrogens is 1. The van der Waals surface area contributed by atoms with Crippen molar-refractivity contribution in [3.8, 4) is 12.0 Å². The highest BCUT2D eigenvalue weighted by molar-refractivity contribution is 7.09. The van der Waals surface area contributed by atoms with Crippen molar-refractivity contribution < 1.29 is 4.57 Å². The van der Waals surface area contributed by atoms with Crippen molar-refractivity contribution >= 4 is 11.3 Å². The van der Waals surface area contributed by atoms with Gasteiger partial charge in [0.2, 0.25) is 17.2 Å². The van der Waals surface area contributed by atoms with E-state index in [4.69, 9.17) is 0 Å². The van der Waals surface area contributed by atoms with E-state index in [9.17, 15) is 0 Å². The van der Waals surface area contributed by atoms with Crippen LogP contribution in [-0.4, -0.2) is 0 Å². The Kier molecular flexibility index (Phi) is 6.96. The number of unbranched alkanes of at least 4 members (excludes halogenated alkanes) is 3. The van der Waals surface area contributed by atoms with Crippen LogP contribution in [0.1, 0.15) is 63.4 Å². The van der Waals surface area contributed by atoms with Crippen molar-refractivity contribution in [3.63, 3.8) is 0 Å². The van der Waals surface area contributed by atoms with Gasteiger partial charge in [-0.3, -0.25) is 0 Å². The molecular weight excluding hydrogens is 226 g/mol. The fraction of sp³-hybridized carbons (Fsp3) is 0.667. The molecule has 0 saturated heterocycles. The standard InChI is InChI=1S/C15H24NS/c1-4-7-9-10-11-15-14(6-3)16(13-17-15)12-8-5-2/h13H,4-7,9-11H2,1-3H3/q+1. The highest BCUT2D eigenvalue weighted by Gasteiger charge is 2.16. The lowest BCUT2D eigenvalue weighted by Crippen LogP contribution is -2.30. The largest absolute Gasteiger partial charge is 0.240 e. The Hall–Kier alpha value is -0.810. The monoisotopic (exact) mass is 250 g/mol. The van der Waals surface area contributed by atoms with Crippen molar-refractivity contribution in [2.45, 2.75) is 65.7 Å². The van der Waals surface area contributed by atoms with Gasteiger partial charge in [-0.15, -0.1) is 4.57 Å². The molecule has 0 aromatic carbocycles. The highest BCUT2D eigenvalue weighted by Crippen LogP contribution is 2.16. The maximum atomic E-state index is 3.21. The molecule has 0 aliphatic carbocycles. The van der Waals surface area contributed by atoms with Crippen LogP contribution in [0.25, 0.3) is 0 Å². The molecule has 0 saturated carbocycles. The summed E-state index contributed by atoms with van der Waals surface area (Å²) in [5.74, 6) is 3.15. The highest BCUT2D eigenvalue weighted by atomic mass is 32.1. The van der Waals surface area contributed by atoms with Crippen molar-refractivity contribution in [3.05, 3.63) is 16.1 Å². The van der Waals surface area contributed by atoms with Gasteiger partial charge in [0, 0.05) is 12.8 Å². The minimum atomic E-state index is 0.928. The van der Waals surface area contributed by atoms with Crippen molar-refractivity contribution in [2.75, 3.05) is 0 Å². The summed E-state index contributed by atoms with van der Waals surface area (Å²) in [5.41, 5.74) is 3.59. The number of hydrogen-bond acceptors (Lipinski definition) is 1. The number of thiazole rings is 1. The van der Waals surface area contributed by atoms with Gasteiger partial charge in [0.25, 0.3) is 0 Å². The third-order valence-corrected chi connectivity index (χ3v) is 3.92. The summed E-state index contributed by atoms with van der Waals surface area (Å²) in [5, 5.41) is 0. The second-order valence-corrected chi connectivity index (χ2v) is 5.21. The molecule has 0 aliphatic rings. The predicted molar refractivity (Wildman–Crippen MR) is 75.2 cm³/mol. The topological polar surface area (TPSA) is 3.88 Å². The number of aryl methyl sites for hydroxylation is 1. The predicted octanol–water partition coefficient (Wildman–Crippen LogP) is 3.94. The second kappa shape index (κ2) is 8.31. The minimum absolute atomic E-state index is 0.928. The van der Waals surface area contributed by atoms with Gasteiger partial charge >= 0.3 is 0 Å². The molecule has 0 aliphatic heterocycles. The number of hydrogen-bond donors (Lipinski definition) is 0. The van der Waals surface area contributed by atoms with Crippen LogP contribution >= 0.6 is 11.3 Å². The zero-order chi connectivity index (χ0) is 12.5. The molecule has 1 aromatic heterocycles. The molecule has 0 atom stereocenters. The Morgan fingerprint density at radius 3 is 2.65 bits per heavy atom. The van der Waals surface area contributed by atoms with Crippen LogP contribution in [-0.2, 0) is 12.8 Å². The van der Waals surface area contributed by atoms with Crippen LogP contribution in [0.2, 0.25) is 0 Å². The third-order valence-electron chi connectivity index (χ3n) is 2.88. The molecule has 17 heavy (non-hydrogen) atoms. The van der Waals surface area contributed by atoms with Crippen LogP contribution in [0, 0.1) is 12.0 Å². The second-order valence-electron chi connectivity index (χ2n) is 4.27. The molecule has 1 heterocycles. The van der Waals surface area contributed by atoms with Gasteiger partial charge in [-0.25, -0.2) is 0 Å². The normalized spacial score (nSPS) is 10.1. The smallest absolute Gasteiger partial charge is 0.105 e. The summed E-state index contributed by atoms with van der Waals surface area (Å²) in [6, 6.07) is 3.21. The van der Waals surface area contributed by atoms with Crippen LogP contribution in [0.5, 0.6) is 0 Å². The zero-order valence-electron chi connectivity index (χ0n) is 11.4. The molecule has 0 bridgehead atoms. The maximum absolute atomic E-state index is 3.21. The Morgan fingerprint density at radius 2 is 2.00 bits per heavy atom. The van der Waals surface area contributed by atoms with Gasteiger partial charge in [0.05, 0.1) is 4.88 Å². The lowest BCUT2D eigenvalue weighted by Gasteiger charge is -1.97. The van der Waals surface area contributed by atoms with Gasteiger partial charge in [0.15, 0.2) is 0 Å². The quantitative estimate of drug-likeness (QED) is 0.409. The Morgan fingerprint density at radius 1 is 1.18 bits per heavy atom. The minimum Gasteiger partial charge on any atom is -0.105 e. The molecule has 0 radical (unpaired) electrons. The fourth-order valence-electron chi connectivity index (χ4n) is 1.92. The zero-order valence-corrected chi connectivity index (χ0v) is 12.2. The van der Waals surface area contributed by atoms with Crippen molar-refractivity contribution in [1.29, 1.82) is 0 Å². The van der Waals surface area contributed by atoms with Crippen LogP contribution in [0.3, 0.4) is 0 Å². The van der Waals surface area contributed by atoms with E-state index >= 15 is 0 Å². The molecule has 0 amide bonds. The van der Waals surface area contributed by atoms with Gasteiger partial charge in [-0.2, -0.15) is 0 Å². The van der Waals surface area contributed by atoms with Crippen LogP contribution in [0.15, 0.2) is 5.51 Å². The van der Waals surface area contributed by atoms with E-state index in [1.807, 2.05) is 11.3 Å². The van der Waals surface area contributed by atoms with Gasteiger partial charge < -0.3 is 0 Å². The molecule has 0 unspecified atom stereocenters. The third kappa shape index (κ3) is 4.52. The lowest BCUT2D eigenvalue weighted by molar-refractivity contribution is -0.586. The van der Waals surface area contributed by atoms with Gasteiger partial charge in [-0.1, -0.05) is 51.4 Å². The summed E-state index contributed by atoms with van der Waals surface area (Å²) in [4.78, 5) is 1.54. The van der Waals surface area contributed by atoms with Crippen LogP contribution in [0.4, 0.5) is 0 Å².